The minimum absolute atomic E-state index is 0.646. The van der Waals surface area contributed by atoms with Gasteiger partial charge in [0.25, 0.3) is 0 Å². The molecular formula is C10H11N3O. The number of rotatable bonds is 2. The molecular weight excluding hydrogens is 178 g/mol. The molecule has 2 aromatic heterocycles. The second kappa shape index (κ2) is 2.70. The number of aromatic amines is 1. The first-order valence-corrected chi connectivity index (χ1v) is 4.76. The number of nitrogens with one attached hydrogen (secondary N) is 1. The summed E-state index contributed by atoms with van der Waals surface area (Å²) in [7, 11) is 1.69. The Morgan fingerprint density at radius 2 is 2.29 bits per heavy atom. The zero-order valence-corrected chi connectivity index (χ0v) is 7.95. The second-order valence-corrected chi connectivity index (χ2v) is 3.65. The Labute approximate surface area is 81.3 Å². The van der Waals surface area contributed by atoms with Crippen LogP contribution in [0, 0.1) is 0 Å². The normalized spacial score (nSPS) is 16.1. The van der Waals surface area contributed by atoms with Crippen molar-refractivity contribution in [2.45, 2.75) is 18.8 Å². The van der Waals surface area contributed by atoms with Gasteiger partial charge in [-0.1, -0.05) is 0 Å². The predicted octanol–water partition coefficient (Wildman–Crippen LogP) is 1.84. The highest BCUT2D eigenvalue weighted by Crippen LogP contribution is 2.46. The maximum atomic E-state index is 5.32. The van der Waals surface area contributed by atoms with Crippen LogP contribution in [0.1, 0.15) is 24.3 Å². The van der Waals surface area contributed by atoms with E-state index >= 15 is 0 Å². The van der Waals surface area contributed by atoms with Gasteiger partial charge in [-0.15, -0.1) is 0 Å². The molecule has 1 aliphatic carbocycles. The number of nitrogens with zero attached hydrogens (tertiary/aromatic N) is 2. The lowest BCUT2D eigenvalue weighted by molar-refractivity contribution is 0.409. The van der Waals surface area contributed by atoms with Gasteiger partial charge in [0.05, 0.1) is 19.5 Å². The zero-order chi connectivity index (χ0) is 9.54. The molecule has 72 valence electrons. The van der Waals surface area contributed by atoms with Crippen molar-refractivity contribution in [3.63, 3.8) is 0 Å². The molecule has 0 bridgehead atoms. The van der Waals surface area contributed by atoms with Crippen LogP contribution in [0.25, 0.3) is 11.0 Å². The van der Waals surface area contributed by atoms with Crippen molar-refractivity contribution in [3.8, 4) is 5.75 Å². The topological polar surface area (TPSA) is 50.8 Å². The average molecular weight is 189 g/mol. The van der Waals surface area contributed by atoms with Crippen LogP contribution in [0.2, 0.25) is 0 Å². The fraction of sp³-hybridized carbons (Fsp3) is 0.400. The van der Waals surface area contributed by atoms with Gasteiger partial charge in [-0.3, -0.25) is 5.10 Å². The Morgan fingerprint density at radius 1 is 1.43 bits per heavy atom. The molecule has 0 saturated heterocycles. The smallest absolute Gasteiger partial charge is 0.155 e. The van der Waals surface area contributed by atoms with E-state index in [1.165, 1.54) is 18.4 Å². The first-order valence-electron chi connectivity index (χ1n) is 4.76. The summed E-state index contributed by atoms with van der Waals surface area (Å²) in [6, 6.07) is 0. The molecule has 1 fully saturated rings. The molecule has 0 spiro atoms. The molecule has 4 nitrogen and oxygen atoms in total. The highest BCUT2D eigenvalue weighted by Gasteiger charge is 2.29. The van der Waals surface area contributed by atoms with Crippen LogP contribution in [0.5, 0.6) is 5.75 Å². The summed E-state index contributed by atoms with van der Waals surface area (Å²) in [5.41, 5.74) is 2.12. The fourth-order valence-corrected chi connectivity index (χ4v) is 1.86. The molecule has 0 radical (unpaired) electrons. The predicted molar refractivity (Wildman–Crippen MR) is 52.4 cm³/mol. The molecule has 2 aromatic rings. The summed E-state index contributed by atoms with van der Waals surface area (Å²) < 4.78 is 5.32. The number of methoxy groups -OCH3 is 1. The van der Waals surface area contributed by atoms with Crippen molar-refractivity contribution < 1.29 is 4.74 Å². The third-order valence-corrected chi connectivity index (χ3v) is 2.69. The maximum Gasteiger partial charge on any atom is 0.155 e. The number of ether oxygens (including phenoxy) is 1. The monoisotopic (exact) mass is 189 g/mol. The number of H-pyrrole nitrogens is 1. The molecule has 2 heterocycles. The maximum absolute atomic E-state index is 5.32. The van der Waals surface area contributed by atoms with Gasteiger partial charge in [0, 0.05) is 10.9 Å². The summed E-state index contributed by atoms with van der Waals surface area (Å²) in [6.45, 7) is 0. The van der Waals surface area contributed by atoms with Crippen LogP contribution in [0.3, 0.4) is 0 Å². The minimum Gasteiger partial charge on any atom is -0.495 e. The third kappa shape index (κ3) is 0.999. The van der Waals surface area contributed by atoms with E-state index in [-0.39, 0.29) is 0 Å². The number of aromatic nitrogens is 3. The van der Waals surface area contributed by atoms with E-state index in [1.54, 1.807) is 13.3 Å². The van der Waals surface area contributed by atoms with E-state index in [1.807, 2.05) is 6.20 Å². The van der Waals surface area contributed by atoms with E-state index in [0.29, 0.717) is 5.92 Å². The zero-order valence-electron chi connectivity index (χ0n) is 7.95. The number of hydrogen-bond acceptors (Lipinski definition) is 3. The van der Waals surface area contributed by atoms with Gasteiger partial charge in [0.1, 0.15) is 5.75 Å². The van der Waals surface area contributed by atoms with Crippen LogP contribution >= 0.6 is 0 Å². The molecule has 3 rings (SSSR count). The average Bonchev–Trinajstić information content (AvgIpc) is 2.93. The minimum atomic E-state index is 0.646. The van der Waals surface area contributed by atoms with Crippen molar-refractivity contribution >= 4 is 11.0 Å². The largest absolute Gasteiger partial charge is 0.495 e. The number of fused-ring (bicyclic) bond motifs is 1. The van der Waals surface area contributed by atoms with Gasteiger partial charge in [0.15, 0.2) is 5.65 Å². The van der Waals surface area contributed by atoms with Gasteiger partial charge >= 0.3 is 0 Å². The van der Waals surface area contributed by atoms with Crippen molar-refractivity contribution in [2.24, 2.45) is 0 Å². The summed E-state index contributed by atoms with van der Waals surface area (Å²) in [6.07, 6.45) is 6.11. The van der Waals surface area contributed by atoms with Crippen molar-refractivity contribution in [1.82, 2.24) is 15.2 Å². The Bertz CT molecular complexity index is 473. The highest BCUT2D eigenvalue weighted by molar-refractivity contribution is 5.81. The lowest BCUT2D eigenvalue weighted by Crippen LogP contribution is -1.92. The molecule has 1 aliphatic rings. The molecule has 0 atom stereocenters. The van der Waals surface area contributed by atoms with Crippen LogP contribution < -0.4 is 4.74 Å². The fourth-order valence-electron chi connectivity index (χ4n) is 1.86. The van der Waals surface area contributed by atoms with E-state index < -0.39 is 0 Å². The van der Waals surface area contributed by atoms with Crippen LogP contribution in [0.4, 0.5) is 0 Å². The summed E-state index contributed by atoms with van der Waals surface area (Å²) in [5.74, 6) is 1.54. The summed E-state index contributed by atoms with van der Waals surface area (Å²) in [4.78, 5) is 4.24. The molecule has 4 heteroatoms. The molecule has 0 aliphatic heterocycles. The Morgan fingerprint density at radius 3 is 3.00 bits per heavy atom. The van der Waals surface area contributed by atoms with Crippen LogP contribution in [-0.4, -0.2) is 22.3 Å². The first-order chi connectivity index (χ1) is 6.90. The number of pyridine rings is 1. The van der Waals surface area contributed by atoms with E-state index in [2.05, 4.69) is 15.2 Å². The molecule has 0 unspecified atom stereocenters. The molecule has 14 heavy (non-hydrogen) atoms. The van der Waals surface area contributed by atoms with E-state index in [4.69, 9.17) is 4.74 Å². The first kappa shape index (κ1) is 7.79. The standard InChI is InChI=1S/C10H11N3O/c1-14-8-5-11-10-7(4-12-13-10)9(8)6-2-3-6/h4-6H,2-3H2,1H3,(H,11,12,13). The molecule has 1 saturated carbocycles. The van der Waals surface area contributed by atoms with E-state index in [0.717, 1.165) is 16.8 Å². The lowest BCUT2D eigenvalue weighted by atomic mass is 10.1. The van der Waals surface area contributed by atoms with Gasteiger partial charge < -0.3 is 4.74 Å². The Hall–Kier alpha value is -1.58. The Balaban J connectivity index is 2.31. The van der Waals surface area contributed by atoms with Gasteiger partial charge in [-0.25, -0.2) is 4.98 Å². The molecule has 0 aromatic carbocycles. The van der Waals surface area contributed by atoms with Crippen LogP contribution in [-0.2, 0) is 0 Å². The quantitative estimate of drug-likeness (QED) is 0.784. The second-order valence-electron chi connectivity index (χ2n) is 3.65. The third-order valence-electron chi connectivity index (χ3n) is 2.69. The van der Waals surface area contributed by atoms with Gasteiger partial charge in [-0.2, -0.15) is 5.10 Å². The van der Waals surface area contributed by atoms with E-state index in [9.17, 15) is 0 Å². The molecule has 1 N–H and O–H groups in total. The van der Waals surface area contributed by atoms with Gasteiger partial charge in [-0.05, 0) is 18.8 Å². The van der Waals surface area contributed by atoms with Crippen molar-refractivity contribution in [2.75, 3.05) is 7.11 Å². The van der Waals surface area contributed by atoms with Gasteiger partial charge in [0.2, 0.25) is 0 Å². The highest BCUT2D eigenvalue weighted by atomic mass is 16.5. The Kier molecular flexibility index (Phi) is 1.50. The van der Waals surface area contributed by atoms with Crippen molar-refractivity contribution in [3.05, 3.63) is 18.0 Å². The number of hydrogen-bond donors (Lipinski definition) is 1. The summed E-state index contributed by atoms with van der Waals surface area (Å²) in [5, 5.41) is 7.99. The SMILES string of the molecule is COc1cnc2[nH]ncc2c1C1CC1. The lowest BCUT2D eigenvalue weighted by Gasteiger charge is -2.06. The summed E-state index contributed by atoms with van der Waals surface area (Å²) >= 11 is 0. The van der Waals surface area contributed by atoms with Crippen LogP contribution in [0.15, 0.2) is 12.4 Å². The molecule has 0 amide bonds. The van der Waals surface area contributed by atoms with Crippen molar-refractivity contribution in [1.29, 1.82) is 0 Å².